The number of piperidine rings is 1. The molecule has 32 heavy (non-hydrogen) atoms. The van der Waals surface area contributed by atoms with E-state index in [4.69, 9.17) is 4.74 Å². The Labute approximate surface area is 189 Å². The Morgan fingerprint density at radius 1 is 1.16 bits per heavy atom. The number of rotatable bonds is 4. The largest absolute Gasteiger partial charge is 0.444 e. The fraction of sp³-hybridized carbons (Fsp3) is 0.542. The third-order valence-electron chi connectivity index (χ3n) is 5.97. The Hall–Kier alpha value is -2.87. The Bertz CT molecular complexity index is 942. The van der Waals surface area contributed by atoms with Crippen LogP contribution < -0.4 is 5.32 Å². The fourth-order valence-electron chi connectivity index (χ4n) is 4.30. The quantitative estimate of drug-likeness (QED) is 0.764. The second kappa shape index (κ2) is 9.32. The fourth-order valence-corrected chi connectivity index (χ4v) is 4.30. The van der Waals surface area contributed by atoms with Crippen molar-refractivity contribution in [3.8, 4) is 0 Å². The molecule has 2 N–H and O–H groups in total. The number of aromatic amines is 1. The maximum absolute atomic E-state index is 13.0. The molecule has 172 valence electrons. The van der Waals surface area contributed by atoms with Crippen molar-refractivity contribution >= 4 is 12.0 Å². The zero-order chi connectivity index (χ0) is 22.7. The molecule has 8 heteroatoms. The molecule has 0 radical (unpaired) electrons. The van der Waals surface area contributed by atoms with Gasteiger partial charge in [-0.25, -0.2) is 4.79 Å². The lowest BCUT2D eigenvalue weighted by molar-refractivity contribution is 0.0222. The number of nitrogens with zero attached hydrogens (tertiary/aromatic N) is 3. The summed E-state index contributed by atoms with van der Waals surface area (Å²) in [5.74, 6) is -0.171. The number of carbonyl (C=O) groups excluding carboxylic acids is 2. The number of benzene rings is 1. The predicted molar refractivity (Wildman–Crippen MR) is 121 cm³/mol. The minimum absolute atomic E-state index is 0.132. The number of hydrogen-bond donors (Lipinski definition) is 2. The molecule has 0 saturated carbocycles. The van der Waals surface area contributed by atoms with Gasteiger partial charge in [0, 0.05) is 49.9 Å². The van der Waals surface area contributed by atoms with E-state index in [1.54, 1.807) is 4.90 Å². The van der Waals surface area contributed by atoms with E-state index in [1.807, 2.05) is 26.8 Å². The van der Waals surface area contributed by atoms with Crippen molar-refractivity contribution in [3.05, 3.63) is 52.8 Å². The van der Waals surface area contributed by atoms with Gasteiger partial charge in [0.2, 0.25) is 0 Å². The number of H-pyrrole nitrogens is 1. The number of aromatic nitrogens is 2. The highest BCUT2D eigenvalue weighted by Crippen LogP contribution is 2.23. The lowest BCUT2D eigenvalue weighted by Gasteiger charge is -2.32. The normalized spacial score (nSPS) is 17.7. The molecule has 0 aliphatic carbocycles. The number of nitrogens with one attached hydrogen (secondary N) is 2. The summed E-state index contributed by atoms with van der Waals surface area (Å²) in [5.41, 5.74) is 2.87. The number of carbonyl (C=O) groups is 2. The van der Waals surface area contributed by atoms with Gasteiger partial charge in [0.05, 0.1) is 6.54 Å². The highest BCUT2D eigenvalue weighted by atomic mass is 16.6. The van der Waals surface area contributed by atoms with Crippen LogP contribution in [0.3, 0.4) is 0 Å². The van der Waals surface area contributed by atoms with Crippen LogP contribution in [0.5, 0.6) is 0 Å². The van der Waals surface area contributed by atoms with Crippen molar-refractivity contribution in [1.29, 1.82) is 0 Å². The van der Waals surface area contributed by atoms with Crippen LogP contribution in [0.1, 0.15) is 60.9 Å². The highest BCUT2D eigenvalue weighted by Gasteiger charge is 2.31. The van der Waals surface area contributed by atoms with Crippen LogP contribution in [0.2, 0.25) is 0 Å². The lowest BCUT2D eigenvalue weighted by atomic mass is 10.0. The average molecular weight is 440 g/mol. The predicted octanol–water partition coefficient (Wildman–Crippen LogP) is 3.10. The number of likely N-dealkylation sites (tertiary alicyclic amines) is 1. The molecule has 3 heterocycles. The van der Waals surface area contributed by atoms with Gasteiger partial charge in [-0.1, -0.05) is 30.3 Å². The van der Waals surface area contributed by atoms with E-state index in [1.165, 1.54) is 5.56 Å². The van der Waals surface area contributed by atoms with Crippen LogP contribution in [0, 0.1) is 0 Å². The molecule has 1 aromatic heterocycles. The minimum Gasteiger partial charge on any atom is -0.444 e. The van der Waals surface area contributed by atoms with Gasteiger partial charge in [0.15, 0.2) is 5.69 Å². The summed E-state index contributed by atoms with van der Waals surface area (Å²) in [6.07, 6.45) is 2.10. The first-order chi connectivity index (χ1) is 15.3. The highest BCUT2D eigenvalue weighted by molar-refractivity contribution is 5.94. The molecule has 0 unspecified atom stereocenters. The van der Waals surface area contributed by atoms with E-state index < -0.39 is 5.60 Å². The Balaban J connectivity index is 1.32. The Kier molecular flexibility index (Phi) is 6.50. The van der Waals surface area contributed by atoms with Gasteiger partial charge < -0.3 is 15.0 Å². The molecule has 0 atom stereocenters. The first-order valence-electron chi connectivity index (χ1n) is 11.4. The molecule has 2 amide bonds. The van der Waals surface area contributed by atoms with Gasteiger partial charge in [-0.05, 0) is 39.2 Å². The van der Waals surface area contributed by atoms with Gasteiger partial charge >= 0.3 is 6.09 Å². The molecule has 0 spiro atoms. The summed E-state index contributed by atoms with van der Waals surface area (Å²) in [7, 11) is 0. The van der Waals surface area contributed by atoms with Crippen molar-refractivity contribution in [3.63, 3.8) is 0 Å². The van der Waals surface area contributed by atoms with Crippen LogP contribution >= 0.6 is 0 Å². The molecular formula is C24H33N5O3. The maximum atomic E-state index is 13.0. The van der Waals surface area contributed by atoms with Crippen molar-refractivity contribution < 1.29 is 14.3 Å². The second-order valence-corrected chi connectivity index (χ2v) is 9.69. The SMILES string of the molecule is CC(C)(C)OC(=O)N1CCc2[nH]nc(C(=O)NC3CCN(Cc4ccccc4)CC3)c2C1. The van der Waals surface area contributed by atoms with Gasteiger partial charge in [0.1, 0.15) is 5.60 Å². The van der Waals surface area contributed by atoms with E-state index in [0.29, 0.717) is 25.2 Å². The van der Waals surface area contributed by atoms with Gasteiger partial charge in [-0.3, -0.25) is 14.8 Å². The monoisotopic (exact) mass is 439 g/mol. The van der Waals surface area contributed by atoms with Gasteiger partial charge in [0.25, 0.3) is 5.91 Å². The van der Waals surface area contributed by atoms with Crippen molar-refractivity contribution in [2.45, 2.75) is 64.8 Å². The zero-order valence-corrected chi connectivity index (χ0v) is 19.2. The smallest absolute Gasteiger partial charge is 0.410 e. The number of amides is 2. The van der Waals surface area contributed by atoms with Crippen LogP contribution in [-0.2, 0) is 24.2 Å². The summed E-state index contributed by atoms with van der Waals surface area (Å²) >= 11 is 0. The van der Waals surface area contributed by atoms with Crippen LogP contribution in [0.25, 0.3) is 0 Å². The average Bonchev–Trinajstić information content (AvgIpc) is 3.18. The van der Waals surface area contributed by atoms with E-state index in [2.05, 4.69) is 44.7 Å². The molecule has 1 fully saturated rings. The zero-order valence-electron chi connectivity index (χ0n) is 19.2. The molecule has 2 aliphatic rings. The third kappa shape index (κ3) is 5.48. The lowest BCUT2D eigenvalue weighted by Crippen LogP contribution is -2.45. The van der Waals surface area contributed by atoms with Crippen molar-refractivity contribution in [1.82, 2.24) is 25.3 Å². The summed E-state index contributed by atoms with van der Waals surface area (Å²) in [5, 5.41) is 10.4. The Morgan fingerprint density at radius 2 is 1.88 bits per heavy atom. The maximum Gasteiger partial charge on any atom is 0.410 e. The topological polar surface area (TPSA) is 90.6 Å². The number of fused-ring (bicyclic) bond motifs is 1. The molecular weight excluding hydrogens is 406 g/mol. The minimum atomic E-state index is -0.552. The molecule has 4 rings (SSSR count). The summed E-state index contributed by atoms with van der Waals surface area (Å²) in [4.78, 5) is 29.5. The number of hydrogen-bond acceptors (Lipinski definition) is 5. The van der Waals surface area contributed by atoms with E-state index in [0.717, 1.165) is 43.7 Å². The van der Waals surface area contributed by atoms with Crippen LogP contribution in [0.15, 0.2) is 30.3 Å². The third-order valence-corrected chi connectivity index (χ3v) is 5.97. The van der Waals surface area contributed by atoms with Gasteiger partial charge in [-0.2, -0.15) is 5.10 Å². The Morgan fingerprint density at radius 3 is 2.56 bits per heavy atom. The van der Waals surface area contributed by atoms with Crippen molar-refractivity contribution in [2.75, 3.05) is 19.6 Å². The van der Waals surface area contributed by atoms with E-state index in [-0.39, 0.29) is 18.0 Å². The van der Waals surface area contributed by atoms with Crippen LogP contribution in [-0.4, -0.2) is 63.3 Å². The van der Waals surface area contributed by atoms with Crippen LogP contribution in [0.4, 0.5) is 4.79 Å². The van der Waals surface area contributed by atoms with Gasteiger partial charge in [-0.15, -0.1) is 0 Å². The molecule has 1 aromatic carbocycles. The first kappa shape index (κ1) is 22.3. The second-order valence-electron chi connectivity index (χ2n) is 9.69. The standard InChI is InChI=1S/C24H33N5O3/c1-24(2,3)32-23(31)29-14-11-20-19(16-29)21(27-26-20)22(30)25-18-9-12-28(13-10-18)15-17-7-5-4-6-8-17/h4-8,18H,9-16H2,1-3H3,(H,25,30)(H,26,27). The molecule has 1 saturated heterocycles. The van der Waals surface area contributed by atoms with E-state index >= 15 is 0 Å². The van der Waals surface area contributed by atoms with Crippen molar-refractivity contribution in [2.24, 2.45) is 0 Å². The molecule has 2 aliphatic heterocycles. The molecule has 0 bridgehead atoms. The summed E-state index contributed by atoms with van der Waals surface area (Å²) in [6.45, 7) is 9.27. The number of ether oxygens (including phenoxy) is 1. The molecule has 2 aromatic rings. The summed E-state index contributed by atoms with van der Waals surface area (Å²) < 4.78 is 5.49. The first-order valence-corrected chi connectivity index (χ1v) is 11.4. The van der Waals surface area contributed by atoms with E-state index in [9.17, 15) is 9.59 Å². The summed E-state index contributed by atoms with van der Waals surface area (Å²) in [6, 6.07) is 10.6. The molecule has 8 nitrogen and oxygen atoms in total.